The van der Waals surface area contributed by atoms with Gasteiger partial charge in [-0.2, -0.15) is 0 Å². The van der Waals surface area contributed by atoms with E-state index in [2.05, 4.69) is 5.32 Å². The third-order valence-corrected chi connectivity index (χ3v) is 6.83. The van der Waals surface area contributed by atoms with Crippen LogP contribution in [-0.4, -0.2) is 25.8 Å². The SMILES string of the molecule is O=C(CN(c1ccccc1)S(=O)(=O)c1ccccc1[N+](=O)[O-])Nc1cccc(Cl)c1Cl. The van der Waals surface area contributed by atoms with E-state index in [-0.39, 0.29) is 21.4 Å². The zero-order chi connectivity index (χ0) is 22.6. The largest absolute Gasteiger partial charge is 0.323 e. The summed E-state index contributed by atoms with van der Waals surface area (Å²) >= 11 is 12.0. The molecule has 3 aromatic rings. The summed E-state index contributed by atoms with van der Waals surface area (Å²) in [7, 11) is -4.46. The lowest BCUT2D eigenvalue weighted by molar-refractivity contribution is -0.387. The molecule has 0 atom stereocenters. The molecular formula is C20H15Cl2N3O5S. The van der Waals surface area contributed by atoms with Crippen LogP contribution in [0.4, 0.5) is 17.1 Å². The highest BCUT2D eigenvalue weighted by atomic mass is 35.5. The minimum absolute atomic E-state index is 0.102. The maximum Gasteiger partial charge on any atom is 0.289 e. The second-order valence-electron chi connectivity index (χ2n) is 6.22. The molecule has 1 N–H and O–H groups in total. The molecule has 0 aliphatic heterocycles. The Balaban J connectivity index is 2.01. The van der Waals surface area contributed by atoms with Crippen LogP contribution < -0.4 is 9.62 Å². The monoisotopic (exact) mass is 479 g/mol. The summed E-state index contributed by atoms with van der Waals surface area (Å²) in [6, 6.07) is 17.4. The van der Waals surface area contributed by atoms with Crippen LogP contribution in [0.15, 0.2) is 77.7 Å². The molecular weight excluding hydrogens is 465 g/mol. The van der Waals surface area contributed by atoms with Gasteiger partial charge in [-0.15, -0.1) is 0 Å². The highest BCUT2D eigenvalue weighted by molar-refractivity contribution is 7.93. The summed E-state index contributed by atoms with van der Waals surface area (Å²) in [6.45, 7) is -0.652. The van der Waals surface area contributed by atoms with E-state index in [4.69, 9.17) is 23.2 Å². The van der Waals surface area contributed by atoms with Gasteiger partial charge in [-0.3, -0.25) is 19.2 Å². The average molecular weight is 480 g/mol. The number of benzene rings is 3. The summed E-state index contributed by atoms with van der Waals surface area (Å²) in [5.41, 5.74) is -0.231. The van der Waals surface area contributed by atoms with Crippen LogP contribution in [0.1, 0.15) is 0 Å². The van der Waals surface area contributed by atoms with Crippen LogP contribution in [0.25, 0.3) is 0 Å². The number of hydrogen-bond acceptors (Lipinski definition) is 5. The first-order chi connectivity index (χ1) is 14.7. The molecule has 0 saturated heterocycles. The summed E-state index contributed by atoms with van der Waals surface area (Å²) in [4.78, 5) is 22.8. The van der Waals surface area contributed by atoms with Crippen molar-refractivity contribution in [2.24, 2.45) is 0 Å². The van der Waals surface area contributed by atoms with Gasteiger partial charge in [-0.05, 0) is 30.3 Å². The predicted molar refractivity (Wildman–Crippen MR) is 119 cm³/mol. The zero-order valence-corrected chi connectivity index (χ0v) is 18.1. The van der Waals surface area contributed by atoms with Crippen LogP contribution in [0.5, 0.6) is 0 Å². The summed E-state index contributed by atoms with van der Waals surface area (Å²) in [5.74, 6) is -0.713. The molecule has 0 fully saturated rings. The van der Waals surface area contributed by atoms with Crippen molar-refractivity contribution in [3.05, 3.63) is 93.0 Å². The number of nitrogens with zero attached hydrogens (tertiary/aromatic N) is 2. The molecule has 0 aromatic heterocycles. The second-order valence-corrected chi connectivity index (χ2v) is 8.84. The molecule has 0 aliphatic rings. The Bertz CT molecular complexity index is 1240. The Hall–Kier alpha value is -3.14. The lowest BCUT2D eigenvalue weighted by Crippen LogP contribution is -2.38. The number of amides is 1. The fourth-order valence-electron chi connectivity index (χ4n) is 2.77. The van der Waals surface area contributed by atoms with Gasteiger partial charge in [0.05, 0.1) is 26.3 Å². The minimum Gasteiger partial charge on any atom is -0.323 e. The molecule has 0 aliphatic carbocycles. The maximum atomic E-state index is 13.4. The Labute approximate surface area is 188 Å². The van der Waals surface area contributed by atoms with E-state index in [0.717, 1.165) is 16.4 Å². The Morgan fingerprint density at radius 3 is 2.29 bits per heavy atom. The van der Waals surface area contributed by atoms with E-state index in [9.17, 15) is 23.3 Å². The van der Waals surface area contributed by atoms with E-state index in [0.29, 0.717) is 0 Å². The van der Waals surface area contributed by atoms with Gasteiger partial charge < -0.3 is 5.32 Å². The number of anilines is 2. The lowest BCUT2D eigenvalue weighted by Gasteiger charge is -2.24. The highest BCUT2D eigenvalue weighted by Crippen LogP contribution is 2.31. The number of rotatable bonds is 7. The van der Waals surface area contributed by atoms with Crippen molar-refractivity contribution in [2.75, 3.05) is 16.2 Å². The third kappa shape index (κ3) is 4.96. The number of carbonyl (C=O) groups is 1. The van der Waals surface area contributed by atoms with Crippen molar-refractivity contribution in [1.29, 1.82) is 0 Å². The quantitative estimate of drug-likeness (QED) is 0.388. The van der Waals surface area contributed by atoms with Crippen molar-refractivity contribution in [1.82, 2.24) is 0 Å². The van der Waals surface area contributed by atoms with E-state index in [1.807, 2.05) is 0 Å². The second kappa shape index (κ2) is 9.34. The number of sulfonamides is 1. The number of para-hydroxylation sites is 2. The molecule has 3 aromatic carbocycles. The fourth-order valence-corrected chi connectivity index (χ4v) is 4.70. The molecule has 160 valence electrons. The molecule has 31 heavy (non-hydrogen) atoms. The van der Waals surface area contributed by atoms with Crippen LogP contribution >= 0.6 is 23.2 Å². The number of nitro benzene ring substituents is 1. The van der Waals surface area contributed by atoms with Gasteiger partial charge in [0.25, 0.3) is 15.7 Å². The minimum atomic E-state index is -4.46. The van der Waals surface area contributed by atoms with E-state index >= 15 is 0 Å². The number of carbonyl (C=O) groups excluding carboxylic acids is 1. The lowest BCUT2D eigenvalue weighted by atomic mass is 10.3. The molecule has 0 spiro atoms. The highest BCUT2D eigenvalue weighted by Gasteiger charge is 2.33. The van der Waals surface area contributed by atoms with Gasteiger partial charge in [0.15, 0.2) is 4.90 Å². The van der Waals surface area contributed by atoms with Gasteiger partial charge in [-0.1, -0.05) is 59.6 Å². The predicted octanol–water partition coefficient (Wildman–Crippen LogP) is 4.74. The van der Waals surface area contributed by atoms with Gasteiger partial charge >= 0.3 is 0 Å². The van der Waals surface area contributed by atoms with Crippen molar-refractivity contribution in [3.63, 3.8) is 0 Å². The molecule has 11 heteroatoms. The summed E-state index contributed by atoms with van der Waals surface area (Å²) < 4.78 is 27.5. The molecule has 0 unspecified atom stereocenters. The smallest absolute Gasteiger partial charge is 0.289 e. The first-order valence-corrected chi connectivity index (χ1v) is 11.0. The van der Waals surface area contributed by atoms with Gasteiger partial charge in [0, 0.05) is 6.07 Å². The van der Waals surface area contributed by atoms with Crippen molar-refractivity contribution >= 4 is 56.2 Å². The van der Waals surface area contributed by atoms with E-state index in [1.54, 1.807) is 24.3 Å². The summed E-state index contributed by atoms with van der Waals surface area (Å²) in [6.07, 6.45) is 0. The number of halogens is 2. The third-order valence-electron chi connectivity index (χ3n) is 4.19. The molecule has 0 heterocycles. The van der Waals surface area contributed by atoms with Crippen LogP contribution in [0, 0.1) is 10.1 Å². The molecule has 0 radical (unpaired) electrons. The number of hydrogen-bond donors (Lipinski definition) is 1. The Kier molecular flexibility index (Phi) is 6.79. The number of nitrogens with one attached hydrogen (secondary N) is 1. The van der Waals surface area contributed by atoms with Crippen molar-refractivity contribution in [2.45, 2.75) is 4.90 Å². The molecule has 8 nitrogen and oxygen atoms in total. The Morgan fingerprint density at radius 2 is 1.61 bits per heavy atom. The standard InChI is InChI=1S/C20H15Cl2N3O5S/c21-15-9-6-10-16(20(15)22)23-19(26)13-24(14-7-2-1-3-8-14)31(29,30)18-12-5-4-11-17(18)25(27)28/h1-12H,13H2,(H,23,26). The van der Waals surface area contributed by atoms with Gasteiger partial charge in [-0.25, -0.2) is 8.42 Å². The first-order valence-electron chi connectivity index (χ1n) is 8.77. The Morgan fingerprint density at radius 1 is 0.968 bits per heavy atom. The first kappa shape index (κ1) is 22.5. The average Bonchev–Trinajstić information content (AvgIpc) is 2.75. The molecule has 0 saturated carbocycles. The normalized spacial score (nSPS) is 11.0. The number of nitro groups is 1. The van der Waals surface area contributed by atoms with Gasteiger partial charge in [0.1, 0.15) is 6.54 Å². The van der Waals surface area contributed by atoms with Crippen LogP contribution in [-0.2, 0) is 14.8 Å². The topological polar surface area (TPSA) is 110 Å². The van der Waals surface area contributed by atoms with Crippen molar-refractivity contribution < 1.29 is 18.1 Å². The van der Waals surface area contributed by atoms with Crippen LogP contribution in [0.2, 0.25) is 10.0 Å². The summed E-state index contributed by atoms with van der Waals surface area (Å²) in [5, 5.41) is 14.2. The van der Waals surface area contributed by atoms with Crippen molar-refractivity contribution in [3.8, 4) is 0 Å². The fraction of sp³-hybridized carbons (Fsp3) is 0.0500. The van der Waals surface area contributed by atoms with E-state index in [1.165, 1.54) is 36.4 Å². The van der Waals surface area contributed by atoms with Crippen LogP contribution in [0.3, 0.4) is 0 Å². The van der Waals surface area contributed by atoms with Gasteiger partial charge in [0.2, 0.25) is 5.91 Å². The van der Waals surface area contributed by atoms with E-state index < -0.39 is 38.0 Å². The maximum absolute atomic E-state index is 13.4. The zero-order valence-electron chi connectivity index (χ0n) is 15.7. The molecule has 0 bridgehead atoms. The molecule has 3 rings (SSSR count). The molecule has 1 amide bonds.